The smallest absolute Gasteiger partial charge is 0.339 e. The quantitative estimate of drug-likeness (QED) is 0.0817. The van der Waals surface area contributed by atoms with E-state index < -0.39 is 168 Å². The van der Waals surface area contributed by atoms with Crippen molar-refractivity contribution in [2.45, 2.75) is 273 Å². The Hall–Kier alpha value is -7.52. The molecule has 11 amide bonds. The van der Waals surface area contributed by atoms with Gasteiger partial charge in [0.1, 0.15) is 66.5 Å². The van der Waals surface area contributed by atoms with Gasteiger partial charge in [0.05, 0.1) is 12.6 Å². The van der Waals surface area contributed by atoms with E-state index in [-0.39, 0.29) is 61.9 Å². The summed E-state index contributed by atoms with van der Waals surface area (Å²) in [7, 11) is 12.1. The highest BCUT2D eigenvalue weighted by Gasteiger charge is 2.47. The number of aliphatic hydroxyl groups excluding tert-OH is 2. The van der Waals surface area contributed by atoms with Crippen LogP contribution in [0.15, 0.2) is 42.5 Å². The Morgan fingerprint density at radius 1 is 0.514 bits per heavy atom. The summed E-state index contributed by atoms with van der Waals surface area (Å²) < 4.78 is 5.52. The van der Waals surface area contributed by atoms with Crippen molar-refractivity contribution in [3.05, 3.63) is 48.0 Å². The highest BCUT2D eigenvalue weighted by atomic mass is 16.6. The molecule has 6 N–H and O–H groups in total. The number of amides is 11. The molecular weight excluding hydrogens is 1340 g/mol. The second kappa shape index (κ2) is 42.1. The van der Waals surface area contributed by atoms with Gasteiger partial charge in [-0.25, -0.2) is 4.79 Å². The van der Waals surface area contributed by atoms with Gasteiger partial charge < -0.3 is 75.4 Å². The minimum absolute atomic E-state index is 0.0229. The lowest BCUT2D eigenvalue weighted by molar-refractivity contribution is -0.163. The number of carbonyl (C=O) groups is 12. The number of piperidine rings is 1. The molecule has 1 unspecified atom stereocenters. The van der Waals surface area contributed by atoms with Gasteiger partial charge in [-0.05, 0) is 139 Å². The van der Waals surface area contributed by atoms with Crippen molar-refractivity contribution in [1.29, 1.82) is 0 Å². The first-order valence-corrected chi connectivity index (χ1v) is 37.9. The van der Waals surface area contributed by atoms with E-state index >= 15 is 9.59 Å². The molecule has 3 aliphatic rings. The zero-order valence-corrected chi connectivity index (χ0v) is 67.8. The Morgan fingerprint density at radius 3 is 1.44 bits per heavy atom. The second-order valence-corrected chi connectivity index (χ2v) is 32.0. The topological polar surface area (TPSA) is 329 Å². The predicted octanol–water partition coefficient (Wildman–Crippen LogP) is 5.16. The van der Waals surface area contributed by atoms with Crippen LogP contribution in [0.1, 0.15) is 194 Å². The Morgan fingerprint density at radius 2 is 0.962 bits per heavy atom. The van der Waals surface area contributed by atoms with Gasteiger partial charge in [0.15, 0.2) is 6.10 Å². The van der Waals surface area contributed by atoms with Gasteiger partial charge >= 0.3 is 5.97 Å². The SMILES string of the molecule is C/C=C/C[C@@H](C)[C@@H](O)[C@H]1C(=O)N[C@@H](CC)C(=O)N(C)CC(=O)N(C)[C@@H](CC(C)C)C(=O)N[C@@H](C(C)C)C(=O)N(C)[C@@H](CC(C)C)C(=O)N[C@@H](C)C(=O)N[C@H](C)C(=O)N(C)[C@@H](CC(C)C)C(=O)N(C)[C@@H](CC(C)C)C(=O)N(C)[C@@H](C(C)C)C(=O)N1C.CN1[C@@H]2CC[C@H]1C[C@@H](OC(=O)C(O)c1ccccc1)C2. The number of nitrogens with one attached hydrogen (secondary N) is 4. The molecular formula is C78H132N12O15. The average molecular weight is 1480 g/mol. The first-order chi connectivity index (χ1) is 48.9. The van der Waals surface area contributed by atoms with E-state index in [1.54, 1.807) is 66.7 Å². The van der Waals surface area contributed by atoms with E-state index in [4.69, 9.17) is 4.74 Å². The van der Waals surface area contributed by atoms with Crippen LogP contribution < -0.4 is 21.3 Å². The van der Waals surface area contributed by atoms with Gasteiger partial charge in [0, 0.05) is 61.4 Å². The number of hydrogen-bond donors (Lipinski definition) is 6. The molecule has 16 atom stereocenters. The molecule has 1 aromatic rings. The number of likely N-dealkylation sites (N-methyl/N-ethyl adjacent to an activating group) is 7. The van der Waals surface area contributed by atoms with Crippen molar-refractivity contribution in [1.82, 2.24) is 60.5 Å². The van der Waals surface area contributed by atoms with Gasteiger partial charge in [0.2, 0.25) is 65.0 Å². The van der Waals surface area contributed by atoms with Crippen molar-refractivity contribution < 1.29 is 72.5 Å². The Kier molecular flexibility index (Phi) is 36.8. The van der Waals surface area contributed by atoms with E-state index in [0.717, 1.165) is 22.6 Å². The molecule has 4 rings (SSSR count). The van der Waals surface area contributed by atoms with Crippen LogP contribution in [-0.2, 0) is 62.3 Å². The number of aliphatic hydroxyl groups is 2. The minimum atomic E-state index is -1.61. The van der Waals surface area contributed by atoms with E-state index in [0.29, 0.717) is 24.1 Å². The van der Waals surface area contributed by atoms with Crippen LogP contribution in [-0.4, -0.2) is 268 Å². The predicted molar refractivity (Wildman–Crippen MR) is 404 cm³/mol. The maximum atomic E-state index is 15.1. The lowest BCUT2D eigenvalue weighted by Gasteiger charge is -2.41. The van der Waals surface area contributed by atoms with E-state index in [2.05, 4.69) is 33.2 Å². The number of fused-ring (bicyclic) bond motifs is 2. The molecule has 3 saturated heterocycles. The van der Waals surface area contributed by atoms with Gasteiger partial charge in [0.25, 0.3) is 0 Å². The summed E-state index contributed by atoms with van der Waals surface area (Å²) in [6.45, 7) is 29.3. The van der Waals surface area contributed by atoms with Crippen LogP contribution in [0.3, 0.4) is 0 Å². The highest BCUT2D eigenvalue weighted by Crippen LogP contribution is 2.36. The molecule has 594 valence electrons. The van der Waals surface area contributed by atoms with Crippen LogP contribution in [0.25, 0.3) is 0 Å². The molecule has 3 heterocycles. The molecule has 27 heteroatoms. The first kappa shape index (κ1) is 91.7. The summed E-state index contributed by atoms with van der Waals surface area (Å²) in [5, 5.41) is 33.1. The van der Waals surface area contributed by atoms with E-state index in [9.17, 15) is 58.2 Å². The maximum absolute atomic E-state index is 15.1. The fourth-order valence-electron chi connectivity index (χ4n) is 14.1. The van der Waals surface area contributed by atoms with Gasteiger partial charge in [-0.1, -0.05) is 139 Å². The fraction of sp³-hybridized carbons (Fsp3) is 0.744. The van der Waals surface area contributed by atoms with Crippen LogP contribution in [0.2, 0.25) is 0 Å². The number of allylic oxidation sites excluding steroid dienone is 2. The fourth-order valence-corrected chi connectivity index (χ4v) is 14.1. The monoisotopic (exact) mass is 1480 g/mol. The van der Waals surface area contributed by atoms with E-state index in [1.807, 2.05) is 79.7 Å². The summed E-state index contributed by atoms with van der Waals surface area (Å²) >= 11 is 0. The summed E-state index contributed by atoms with van der Waals surface area (Å²) in [4.78, 5) is 183. The standard InChI is InChI=1S/C62H111N11O12.C16H21NO3/c1-25-27-28-40(15)52(75)51-56(79)65-43(26-2)58(81)67(18)33-48(74)68(19)44(29-34(3)4)55(78)66-49(38(11)12)61(84)69(20)45(30-35(5)6)54(77)63-41(16)53(76)64-42(17)57(80)70(21)46(31-36(7)8)59(82)71(22)47(32-37(9)10)60(83)72(23)50(39(13)14)62(85)73(51)24;1-17-12-7-8-13(17)10-14(9-12)20-16(19)15(18)11-5-3-2-4-6-11/h25,27,34-47,49-52,75H,26,28-33H2,1-24H3,(H,63,77)(H,64,76)(H,65,79)(H,66,78);2-6,12-15,18H,7-10H2,1H3/b27-25+;/t40-,41+,42-,43+,44+,45+,46+,47+,49+,50+,51+,52-;12-,13+,14+,15?/m1./s1. The van der Waals surface area contributed by atoms with Gasteiger partial charge in [-0.3, -0.25) is 52.7 Å². The van der Waals surface area contributed by atoms with Crippen LogP contribution in [0.5, 0.6) is 0 Å². The molecule has 105 heavy (non-hydrogen) atoms. The number of esters is 1. The second-order valence-electron chi connectivity index (χ2n) is 32.0. The zero-order valence-electron chi connectivity index (χ0n) is 67.8. The molecule has 1 aromatic carbocycles. The van der Waals surface area contributed by atoms with Crippen molar-refractivity contribution >= 4 is 70.9 Å². The summed E-state index contributed by atoms with van der Waals surface area (Å²) in [6, 6.07) is -2.32. The zero-order chi connectivity index (χ0) is 80.1. The average Bonchev–Trinajstić information content (AvgIpc) is 1.81. The lowest BCUT2D eigenvalue weighted by atomic mass is 9.91. The van der Waals surface area contributed by atoms with Crippen LogP contribution >= 0.6 is 0 Å². The number of benzene rings is 1. The number of ether oxygens (including phenoxy) is 1. The van der Waals surface area contributed by atoms with Crippen LogP contribution in [0, 0.1) is 41.4 Å². The number of carbonyl (C=O) groups excluding carboxylic acids is 12. The number of rotatable bonds is 18. The van der Waals surface area contributed by atoms with Gasteiger partial charge in [-0.15, -0.1) is 0 Å². The van der Waals surface area contributed by atoms with Crippen molar-refractivity contribution in [3.8, 4) is 0 Å². The largest absolute Gasteiger partial charge is 0.460 e. The van der Waals surface area contributed by atoms with Crippen molar-refractivity contribution in [2.24, 2.45) is 41.4 Å². The van der Waals surface area contributed by atoms with Crippen LogP contribution in [0.4, 0.5) is 0 Å². The van der Waals surface area contributed by atoms with Crippen molar-refractivity contribution in [2.75, 3.05) is 62.9 Å². The maximum Gasteiger partial charge on any atom is 0.339 e. The third-order valence-corrected chi connectivity index (χ3v) is 20.8. The van der Waals surface area contributed by atoms with Crippen molar-refractivity contribution in [3.63, 3.8) is 0 Å². The third-order valence-electron chi connectivity index (χ3n) is 20.8. The molecule has 0 aliphatic carbocycles. The molecule has 2 bridgehead atoms. The molecule has 0 radical (unpaired) electrons. The first-order valence-electron chi connectivity index (χ1n) is 37.9. The normalized spacial score (nSPS) is 27.7. The highest BCUT2D eigenvalue weighted by molar-refractivity contribution is 5.99. The molecule has 27 nitrogen and oxygen atoms in total. The Bertz CT molecular complexity index is 3100. The summed E-state index contributed by atoms with van der Waals surface area (Å²) in [6.07, 6.45) is 5.98. The summed E-state index contributed by atoms with van der Waals surface area (Å²) in [5.41, 5.74) is 0.591. The number of nitrogens with zero attached hydrogens (tertiary/aromatic N) is 8. The van der Waals surface area contributed by atoms with Gasteiger partial charge in [-0.2, -0.15) is 0 Å². The molecule has 0 aromatic heterocycles. The molecule has 0 saturated carbocycles. The molecule has 3 aliphatic heterocycles. The van der Waals surface area contributed by atoms with E-state index in [1.165, 1.54) is 101 Å². The lowest BCUT2D eigenvalue weighted by Crippen LogP contribution is -2.63. The summed E-state index contributed by atoms with van der Waals surface area (Å²) in [5.74, 6) is -10.2. The molecule has 0 spiro atoms. The third kappa shape index (κ3) is 25.6. The number of hydrogen-bond acceptors (Lipinski definition) is 16. The Balaban J connectivity index is 0.00000121. The minimum Gasteiger partial charge on any atom is -0.460 e. The molecule has 3 fully saturated rings. The Labute approximate surface area is 626 Å².